The number of amides is 1. The van der Waals surface area contributed by atoms with E-state index < -0.39 is 5.54 Å². The number of hydrogen-bond acceptors (Lipinski definition) is 6. The minimum Gasteiger partial charge on any atom is -0.467 e. The number of benzene rings is 2. The number of thiazole rings is 1. The Morgan fingerprint density at radius 2 is 1.84 bits per heavy atom. The second kappa shape index (κ2) is 5.86. The maximum atomic E-state index is 13.1. The molecule has 0 saturated heterocycles. The molecule has 25 heavy (non-hydrogen) atoms. The second-order valence-electron chi connectivity index (χ2n) is 5.78. The van der Waals surface area contributed by atoms with Crippen molar-refractivity contribution in [2.75, 3.05) is 12.5 Å². The van der Waals surface area contributed by atoms with E-state index >= 15 is 0 Å². The highest BCUT2D eigenvalue weighted by molar-refractivity contribution is 7.18. The summed E-state index contributed by atoms with van der Waals surface area (Å²) in [5, 5.41) is 1.98. The third kappa shape index (κ3) is 2.53. The number of nitrogens with one attached hydrogen (secondary N) is 1. The Balaban J connectivity index is 1.72. The molecule has 3 aromatic rings. The Kier molecular flexibility index (Phi) is 3.65. The predicted octanol–water partition coefficient (Wildman–Crippen LogP) is 3.38. The van der Waals surface area contributed by atoms with Gasteiger partial charge in [0, 0.05) is 0 Å². The van der Waals surface area contributed by atoms with Crippen molar-refractivity contribution < 1.29 is 9.53 Å². The Bertz CT molecular complexity index is 936. The van der Waals surface area contributed by atoms with Gasteiger partial charge in [0.1, 0.15) is 5.01 Å². The number of fused-ring (bicyclic) bond motifs is 1. The van der Waals surface area contributed by atoms with Crippen LogP contribution < -0.4 is 5.43 Å². The number of carbonyl (C=O) groups is 1. The minimum absolute atomic E-state index is 0.218. The van der Waals surface area contributed by atoms with Crippen LogP contribution in [0.15, 0.2) is 59.6 Å². The van der Waals surface area contributed by atoms with Gasteiger partial charge in [0.25, 0.3) is 5.91 Å². The fourth-order valence-electron chi connectivity index (χ4n) is 2.69. The van der Waals surface area contributed by atoms with Gasteiger partial charge in [-0.25, -0.2) is 9.98 Å². The van der Waals surface area contributed by atoms with Crippen molar-refractivity contribution in [2.24, 2.45) is 4.99 Å². The van der Waals surface area contributed by atoms with Crippen LogP contribution in [-0.2, 0) is 15.1 Å². The fraction of sp³-hybridized carbons (Fsp3) is 0.167. The van der Waals surface area contributed by atoms with Crippen LogP contribution in [0.5, 0.6) is 0 Å². The van der Waals surface area contributed by atoms with Crippen molar-refractivity contribution in [3.8, 4) is 0 Å². The SMILES string of the molecule is COC1=N[C@@](C)(c2nc3ccccc3s2)C(=O)N1Nc1ccccc1. The van der Waals surface area contributed by atoms with Crippen molar-refractivity contribution in [1.29, 1.82) is 0 Å². The lowest BCUT2D eigenvalue weighted by molar-refractivity contribution is -0.130. The molecule has 1 amide bonds. The van der Waals surface area contributed by atoms with E-state index in [4.69, 9.17) is 4.74 Å². The quantitative estimate of drug-likeness (QED) is 0.785. The molecule has 2 heterocycles. The van der Waals surface area contributed by atoms with E-state index in [2.05, 4.69) is 15.4 Å². The normalized spacial score (nSPS) is 20.0. The lowest BCUT2D eigenvalue weighted by atomic mass is 10.1. The minimum atomic E-state index is -1.11. The molecular weight excluding hydrogens is 336 g/mol. The van der Waals surface area contributed by atoms with Crippen LogP contribution in [0.2, 0.25) is 0 Å². The number of hydrogen-bond donors (Lipinski definition) is 1. The first-order valence-electron chi connectivity index (χ1n) is 7.78. The van der Waals surface area contributed by atoms with Gasteiger partial charge in [0.15, 0.2) is 5.54 Å². The molecule has 1 aliphatic rings. The first kappa shape index (κ1) is 15.6. The molecule has 6 nitrogen and oxygen atoms in total. The van der Waals surface area contributed by atoms with E-state index in [1.807, 2.05) is 54.6 Å². The van der Waals surface area contributed by atoms with Gasteiger partial charge in [0.2, 0.25) is 0 Å². The summed E-state index contributed by atoms with van der Waals surface area (Å²) in [7, 11) is 1.50. The lowest BCUT2D eigenvalue weighted by Crippen LogP contribution is -2.43. The maximum Gasteiger partial charge on any atom is 0.315 e. The van der Waals surface area contributed by atoms with E-state index in [0.717, 1.165) is 15.9 Å². The summed E-state index contributed by atoms with van der Waals surface area (Å²) < 4.78 is 6.35. The Hall–Kier alpha value is -2.93. The third-order valence-electron chi connectivity index (χ3n) is 4.04. The van der Waals surface area contributed by atoms with Crippen molar-refractivity contribution in [3.63, 3.8) is 0 Å². The summed E-state index contributed by atoms with van der Waals surface area (Å²) in [5.41, 5.74) is 3.57. The molecule has 1 N–H and O–H groups in total. The van der Waals surface area contributed by atoms with Crippen LogP contribution in [0, 0.1) is 0 Å². The van der Waals surface area contributed by atoms with E-state index in [-0.39, 0.29) is 11.9 Å². The van der Waals surface area contributed by atoms with Crippen LogP contribution in [0.3, 0.4) is 0 Å². The van der Waals surface area contributed by atoms with Gasteiger partial charge in [-0.1, -0.05) is 30.3 Å². The molecule has 0 aliphatic carbocycles. The number of hydrazine groups is 1. The first-order chi connectivity index (χ1) is 12.1. The van der Waals surface area contributed by atoms with E-state index in [0.29, 0.717) is 5.01 Å². The molecule has 126 valence electrons. The summed E-state index contributed by atoms with van der Waals surface area (Å²) >= 11 is 1.47. The first-order valence-corrected chi connectivity index (χ1v) is 8.59. The average molecular weight is 352 g/mol. The number of ether oxygens (including phenoxy) is 1. The van der Waals surface area contributed by atoms with Crippen molar-refractivity contribution in [2.45, 2.75) is 12.5 Å². The number of rotatable bonds is 3. The van der Waals surface area contributed by atoms with Gasteiger partial charge >= 0.3 is 6.02 Å². The summed E-state index contributed by atoms with van der Waals surface area (Å²) in [4.78, 5) is 22.2. The largest absolute Gasteiger partial charge is 0.467 e. The molecule has 1 aromatic heterocycles. The number of para-hydroxylation sites is 2. The van der Waals surface area contributed by atoms with Crippen molar-refractivity contribution in [3.05, 3.63) is 59.6 Å². The molecule has 2 aromatic carbocycles. The average Bonchev–Trinajstić information content (AvgIpc) is 3.18. The zero-order valence-corrected chi connectivity index (χ0v) is 14.6. The molecule has 1 aliphatic heterocycles. The topological polar surface area (TPSA) is 66.8 Å². The van der Waals surface area contributed by atoms with E-state index in [1.54, 1.807) is 6.92 Å². The molecular formula is C18H16N4O2S. The molecule has 0 bridgehead atoms. The van der Waals surface area contributed by atoms with Crippen LogP contribution in [-0.4, -0.2) is 29.0 Å². The summed E-state index contributed by atoms with van der Waals surface area (Å²) in [6.45, 7) is 1.76. The van der Waals surface area contributed by atoms with Crippen molar-refractivity contribution >= 4 is 39.2 Å². The number of amidine groups is 1. The molecule has 0 radical (unpaired) electrons. The molecule has 0 unspecified atom stereocenters. The molecule has 7 heteroatoms. The summed E-state index contributed by atoms with van der Waals surface area (Å²) in [6.07, 6.45) is 0. The number of aromatic nitrogens is 1. The highest BCUT2D eigenvalue weighted by Crippen LogP contribution is 2.38. The predicted molar refractivity (Wildman–Crippen MR) is 98.3 cm³/mol. The van der Waals surface area contributed by atoms with Gasteiger partial charge in [-0.15, -0.1) is 11.3 Å². The number of nitrogens with zero attached hydrogens (tertiary/aromatic N) is 3. The number of carbonyl (C=O) groups excluding carboxylic acids is 1. The lowest BCUT2D eigenvalue weighted by Gasteiger charge is -2.21. The zero-order chi connectivity index (χ0) is 17.4. The smallest absolute Gasteiger partial charge is 0.315 e. The molecule has 0 spiro atoms. The van der Waals surface area contributed by atoms with Crippen LogP contribution >= 0.6 is 11.3 Å². The van der Waals surface area contributed by atoms with Crippen molar-refractivity contribution in [1.82, 2.24) is 9.99 Å². The molecule has 0 saturated carbocycles. The van der Waals surface area contributed by atoms with Gasteiger partial charge < -0.3 is 4.74 Å². The number of methoxy groups -OCH3 is 1. The van der Waals surface area contributed by atoms with Crippen LogP contribution in [0.4, 0.5) is 5.69 Å². The number of aliphatic imine (C=N–C) groups is 1. The van der Waals surface area contributed by atoms with Crippen LogP contribution in [0.1, 0.15) is 11.9 Å². The maximum absolute atomic E-state index is 13.1. The highest BCUT2D eigenvalue weighted by Gasteiger charge is 2.49. The monoisotopic (exact) mass is 352 g/mol. The van der Waals surface area contributed by atoms with E-state index in [9.17, 15) is 4.79 Å². The van der Waals surface area contributed by atoms with Gasteiger partial charge in [-0.2, -0.15) is 5.01 Å². The zero-order valence-electron chi connectivity index (χ0n) is 13.8. The van der Waals surface area contributed by atoms with Gasteiger partial charge in [-0.05, 0) is 31.2 Å². The fourth-order valence-corrected chi connectivity index (χ4v) is 3.74. The number of anilines is 1. The molecule has 0 fully saturated rings. The van der Waals surface area contributed by atoms with Gasteiger partial charge in [0.05, 0.1) is 23.0 Å². The van der Waals surface area contributed by atoms with Gasteiger partial charge in [-0.3, -0.25) is 10.2 Å². The Morgan fingerprint density at radius 3 is 2.56 bits per heavy atom. The standard InChI is InChI=1S/C18H16N4O2S/c1-18(15-19-13-10-6-7-11-14(13)25-15)16(23)22(17(20-18)24-2)21-12-8-4-3-5-9-12/h3-11,21H,1-2H3/t18-/m0/s1. The second-order valence-corrected chi connectivity index (χ2v) is 6.81. The summed E-state index contributed by atoms with van der Waals surface area (Å²) in [5.74, 6) is -0.229. The summed E-state index contributed by atoms with van der Waals surface area (Å²) in [6, 6.07) is 17.4. The Labute approximate surface area is 148 Å². The molecule has 4 rings (SSSR count). The highest BCUT2D eigenvalue weighted by atomic mass is 32.1. The Morgan fingerprint density at radius 1 is 1.12 bits per heavy atom. The third-order valence-corrected chi connectivity index (χ3v) is 5.28. The van der Waals surface area contributed by atoms with E-state index in [1.165, 1.54) is 23.5 Å². The molecule has 1 atom stereocenters. The van der Waals surface area contributed by atoms with Crippen LogP contribution in [0.25, 0.3) is 10.2 Å².